The summed E-state index contributed by atoms with van der Waals surface area (Å²) in [5.74, 6) is 0.708. The third kappa shape index (κ3) is 1.54. The third-order valence-electron chi connectivity index (χ3n) is 4.31. The lowest BCUT2D eigenvalue weighted by atomic mass is 9.84. The van der Waals surface area contributed by atoms with E-state index in [1.165, 1.54) is 42.2 Å². The fraction of sp³-hybridized carbons (Fsp3) is 0.462. The normalized spacial score (nSPS) is 34.0. The Hall–Kier alpha value is -0.910. The van der Waals surface area contributed by atoms with Crippen molar-refractivity contribution in [2.24, 2.45) is 5.92 Å². The number of fused-ring (bicyclic) bond motifs is 2. The highest BCUT2D eigenvalue weighted by molar-refractivity contribution is 7.80. The first-order valence-electron chi connectivity index (χ1n) is 6.53. The fourth-order valence-electron chi connectivity index (χ4n) is 3.49. The van der Waals surface area contributed by atoms with Gasteiger partial charge in [0.15, 0.2) is 10.8 Å². The molecule has 0 aliphatic carbocycles. The first kappa shape index (κ1) is 11.0. The molecule has 4 aliphatic heterocycles. The Labute approximate surface area is 116 Å². The molecule has 4 aliphatic rings. The number of rotatable bonds is 1. The number of thiophene rings is 1. The average molecular weight is 278 g/mol. The molecule has 0 saturated carbocycles. The van der Waals surface area contributed by atoms with E-state index >= 15 is 0 Å². The van der Waals surface area contributed by atoms with Crippen LogP contribution in [0.2, 0.25) is 0 Å². The van der Waals surface area contributed by atoms with Gasteiger partial charge in [-0.1, -0.05) is 6.07 Å². The molecule has 2 bridgehead atoms. The van der Waals surface area contributed by atoms with E-state index in [4.69, 9.17) is 12.2 Å². The van der Waals surface area contributed by atoms with Gasteiger partial charge in [-0.15, -0.1) is 11.3 Å². The van der Waals surface area contributed by atoms with Crippen LogP contribution in [-0.4, -0.2) is 18.2 Å². The van der Waals surface area contributed by atoms with Crippen molar-refractivity contribution in [2.45, 2.75) is 18.9 Å². The van der Waals surface area contributed by atoms with Crippen LogP contribution in [0.15, 0.2) is 28.9 Å². The van der Waals surface area contributed by atoms with Crippen LogP contribution in [0.25, 0.3) is 0 Å². The second-order valence-electron chi connectivity index (χ2n) is 5.25. The maximum Gasteiger partial charge on any atom is 0.171 e. The van der Waals surface area contributed by atoms with Crippen molar-refractivity contribution >= 4 is 28.7 Å². The van der Waals surface area contributed by atoms with Gasteiger partial charge < -0.3 is 15.5 Å². The lowest BCUT2D eigenvalue weighted by molar-refractivity contribution is -0.875. The van der Waals surface area contributed by atoms with Crippen LogP contribution in [0.5, 0.6) is 0 Å². The van der Waals surface area contributed by atoms with Crippen LogP contribution >= 0.6 is 23.6 Å². The summed E-state index contributed by atoms with van der Waals surface area (Å²) in [5, 5.41) is 9.82. The van der Waals surface area contributed by atoms with E-state index < -0.39 is 0 Å². The largest absolute Gasteiger partial charge is 0.346 e. The van der Waals surface area contributed by atoms with Crippen molar-refractivity contribution in [1.82, 2.24) is 10.6 Å². The van der Waals surface area contributed by atoms with Gasteiger partial charge in [0, 0.05) is 23.6 Å². The van der Waals surface area contributed by atoms with E-state index in [1.807, 2.05) is 11.3 Å². The summed E-state index contributed by atoms with van der Waals surface area (Å²) >= 11 is 7.20. The minimum absolute atomic E-state index is 0.298. The summed E-state index contributed by atoms with van der Waals surface area (Å²) in [4.78, 5) is 3.03. The Morgan fingerprint density at radius 1 is 1.33 bits per heavy atom. The van der Waals surface area contributed by atoms with E-state index in [-0.39, 0.29) is 0 Å². The first-order chi connectivity index (χ1) is 8.83. The number of allylic oxidation sites excluding steroid dienone is 1. The highest BCUT2D eigenvalue weighted by Gasteiger charge is 2.44. The molecule has 0 aromatic carbocycles. The van der Waals surface area contributed by atoms with Crippen molar-refractivity contribution < 1.29 is 4.90 Å². The van der Waals surface area contributed by atoms with Crippen molar-refractivity contribution in [1.29, 1.82) is 0 Å². The molecule has 1 saturated heterocycles. The van der Waals surface area contributed by atoms with Gasteiger partial charge in [0.2, 0.25) is 0 Å². The molecule has 18 heavy (non-hydrogen) atoms. The van der Waals surface area contributed by atoms with Crippen LogP contribution < -0.4 is 15.5 Å². The zero-order valence-electron chi connectivity index (χ0n) is 10.0. The molecular formula is C13H16N3S2+. The Morgan fingerprint density at radius 2 is 2.17 bits per heavy atom. The zero-order chi connectivity index (χ0) is 12.1. The Balaban J connectivity index is 1.83. The Bertz CT molecular complexity index is 512. The SMILES string of the molecule is S=C1NC2=C([C@H](c3cccs3)N1)[NH+]1CCC2CC1. The summed E-state index contributed by atoms with van der Waals surface area (Å²) < 4.78 is 0. The number of hydrogen-bond acceptors (Lipinski definition) is 2. The van der Waals surface area contributed by atoms with Gasteiger partial charge in [0.1, 0.15) is 6.04 Å². The predicted octanol–water partition coefficient (Wildman–Crippen LogP) is 0.787. The highest BCUT2D eigenvalue weighted by Crippen LogP contribution is 2.34. The first-order valence-corrected chi connectivity index (χ1v) is 7.82. The van der Waals surface area contributed by atoms with Crippen molar-refractivity contribution in [2.75, 3.05) is 13.1 Å². The molecule has 1 aromatic heterocycles. The molecule has 0 unspecified atom stereocenters. The molecule has 3 nitrogen and oxygen atoms in total. The maximum atomic E-state index is 5.38. The summed E-state index contributed by atoms with van der Waals surface area (Å²) in [7, 11) is 0. The molecule has 0 spiro atoms. The average Bonchev–Trinajstić information content (AvgIpc) is 2.92. The van der Waals surface area contributed by atoms with Gasteiger partial charge >= 0.3 is 0 Å². The van der Waals surface area contributed by atoms with E-state index in [1.54, 1.807) is 4.90 Å². The van der Waals surface area contributed by atoms with E-state index in [9.17, 15) is 0 Å². The summed E-state index contributed by atoms with van der Waals surface area (Å²) in [6, 6.07) is 4.63. The standard InChI is InChI=1S/C13H15N3S2/c17-13-14-10-8-3-5-16(6-4-8)12(10)11(15-13)9-2-1-7-18-9/h1-2,7-8,11H,3-6H2,(H2,14,15,17)/p+1/t11-/m0/s1. The van der Waals surface area contributed by atoms with Crippen LogP contribution in [0.1, 0.15) is 23.8 Å². The van der Waals surface area contributed by atoms with Gasteiger partial charge in [-0.3, -0.25) is 0 Å². The topological polar surface area (TPSA) is 28.5 Å². The molecule has 5 heterocycles. The van der Waals surface area contributed by atoms with Crippen LogP contribution in [0, 0.1) is 5.92 Å². The maximum absolute atomic E-state index is 5.38. The van der Waals surface area contributed by atoms with Crippen molar-refractivity contribution in [3.63, 3.8) is 0 Å². The van der Waals surface area contributed by atoms with Gasteiger partial charge in [-0.05, 0) is 23.7 Å². The zero-order valence-corrected chi connectivity index (χ0v) is 11.7. The van der Waals surface area contributed by atoms with Crippen molar-refractivity contribution in [3.8, 4) is 0 Å². The monoisotopic (exact) mass is 278 g/mol. The molecule has 0 radical (unpaired) electrons. The smallest absolute Gasteiger partial charge is 0.171 e. The lowest BCUT2D eigenvalue weighted by Crippen LogP contribution is -3.14. The van der Waals surface area contributed by atoms with Crippen LogP contribution in [-0.2, 0) is 0 Å². The summed E-state index contributed by atoms with van der Waals surface area (Å²) in [5.41, 5.74) is 2.94. The second-order valence-corrected chi connectivity index (χ2v) is 6.64. The van der Waals surface area contributed by atoms with E-state index in [2.05, 4.69) is 28.1 Å². The number of hydrogen-bond donors (Lipinski definition) is 3. The van der Waals surface area contributed by atoms with E-state index in [0.29, 0.717) is 12.0 Å². The molecule has 1 aromatic rings. The Morgan fingerprint density at radius 3 is 2.89 bits per heavy atom. The Kier molecular flexibility index (Phi) is 2.46. The molecule has 1 atom stereocenters. The third-order valence-corrected chi connectivity index (χ3v) is 5.47. The summed E-state index contributed by atoms with van der Waals surface area (Å²) in [6.45, 7) is 2.56. The van der Waals surface area contributed by atoms with E-state index in [0.717, 1.165) is 5.11 Å². The molecule has 3 N–H and O–H groups in total. The van der Waals surface area contributed by atoms with Crippen LogP contribution in [0.4, 0.5) is 0 Å². The molecule has 5 heteroatoms. The quantitative estimate of drug-likeness (QED) is 0.663. The number of thiocarbonyl (C=S) groups is 1. The van der Waals surface area contributed by atoms with Gasteiger partial charge in [0.25, 0.3) is 0 Å². The number of piperidine rings is 1. The number of quaternary nitrogens is 1. The van der Waals surface area contributed by atoms with Gasteiger partial charge in [-0.2, -0.15) is 0 Å². The van der Waals surface area contributed by atoms with Crippen molar-refractivity contribution in [3.05, 3.63) is 33.8 Å². The van der Waals surface area contributed by atoms with Crippen LogP contribution in [0.3, 0.4) is 0 Å². The lowest BCUT2D eigenvalue weighted by Gasteiger charge is -2.44. The minimum Gasteiger partial charge on any atom is -0.346 e. The fourth-order valence-corrected chi connectivity index (χ4v) is 4.51. The molecular weight excluding hydrogens is 262 g/mol. The minimum atomic E-state index is 0.298. The van der Waals surface area contributed by atoms with Gasteiger partial charge in [0.05, 0.1) is 18.8 Å². The second kappa shape index (κ2) is 4.05. The molecule has 94 valence electrons. The summed E-state index contributed by atoms with van der Waals surface area (Å²) in [6.07, 6.45) is 2.61. The van der Waals surface area contributed by atoms with Gasteiger partial charge in [-0.25, -0.2) is 0 Å². The molecule has 0 amide bonds. The number of nitrogens with one attached hydrogen (secondary N) is 3. The molecule has 1 fully saturated rings. The molecule has 5 rings (SSSR count). The predicted molar refractivity (Wildman–Crippen MR) is 76.4 cm³/mol. The highest BCUT2D eigenvalue weighted by atomic mass is 32.1.